The van der Waals surface area contributed by atoms with Crippen molar-refractivity contribution in [2.24, 2.45) is 11.8 Å². The summed E-state index contributed by atoms with van der Waals surface area (Å²) in [6.45, 7) is 4.05. The molecule has 172 valence electrons. The highest BCUT2D eigenvalue weighted by Crippen LogP contribution is 2.26. The van der Waals surface area contributed by atoms with Crippen molar-refractivity contribution in [3.8, 4) is 0 Å². The van der Waals surface area contributed by atoms with Gasteiger partial charge in [-0.25, -0.2) is 0 Å². The topological polar surface area (TPSA) is 82.6 Å². The molecule has 0 bridgehead atoms. The minimum absolute atomic E-state index is 0.112. The van der Waals surface area contributed by atoms with Gasteiger partial charge in [-0.2, -0.15) is 17.0 Å². The Kier molecular flexibility index (Phi) is 7.23. The maximum Gasteiger partial charge on any atom is 0.281 e. The molecule has 1 aromatic heterocycles. The molecule has 2 aromatic rings. The van der Waals surface area contributed by atoms with Crippen molar-refractivity contribution in [2.75, 3.05) is 31.5 Å². The highest BCUT2D eigenvalue weighted by atomic mass is 32.2. The number of hydrogen-bond acceptors (Lipinski definition) is 4. The third-order valence-electron chi connectivity index (χ3n) is 6.53. The Balaban J connectivity index is 1.34. The van der Waals surface area contributed by atoms with E-state index in [0.717, 1.165) is 30.5 Å². The fourth-order valence-electron chi connectivity index (χ4n) is 4.43. The van der Waals surface area contributed by atoms with Gasteiger partial charge < -0.3 is 5.32 Å². The zero-order chi connectivity index (χ0) is 22.6. The van der Waals surface area contributed by atoms with Crippen LogP contribution in [0.4, 0.5) is 5.69 Å². The molecule has 2 aliphatic heterocycles. The molecule has 32 heavy (non-hydrogen) atoms. The normalized spacial score (nSPS) is 21.3. The minimum atomic E-state index is -3.50. The van der Waals surface area contributed by atoms with Crippen molar-refractivity contribution in [1.82, 2.24) is 13.6 Å². The molecule has 8 heteroatoms. The van der Waals surface area contributed by atoms with Gasteiger partial charge in [-0.3, -0.25) is 9.78 Å². The highest BCUT2D eigenvalue weighted by Gasteiger charge is 2.37. The van der Waals surface area contributed by atoms with E-state index in [0.29, 0.717) is 38.4 Å². The Morgan fingerprint density at radius 3 is 2.31 bits per heavy atom. The average Bonchev–Trinajstić information content (AvgIpc) is 2.81. The van der Waals surface area contributed by atoms with Crippen molar-refractivity contribution >= 4 is 21.8 Å². The largest absolute Gasteiger partial charge is 0.326 e. The van der Waals surface area contributed by atoms with E-state index in [1.165, 1.54) is 9.87 Å². The van der Waals surface area contributed by atoms with Crippen LogP contribution in [0.25, 0.3) is 0 Å². The van der Waals surface area contributed by atoms with Crippen LogP contribution in [-0.2, 0) is 21.4 Å². The Bertz CT molecular complexity index is 1000. The third-order valence-corrected chi connectivity index (χ3v) is 8.53. The Morgan fingerprint density at radius 1 is 0.969 bits per heavy atom. The number of piperidine rings is 2. The summed E-state index contributed by atoms with van der Waals surface area (Å²) in [5.74, 6) is 0.121. The summed E-state index contributed by atoms with van der Waals surface area (Å²) in [5, 5.41) is 2.98. The Labute approximate surface area is 191 Å². The Hall–Kier alpha value is -2.29. The lowest BCUT2D eigenvalue weighted by Crippen LogP contribution is -2.51. The molecular formula is C24H32N4O3S. The van der Waals surface area contributed by atoms with Crippen LogP contribution < -0.4 is 5.32 Å². The number of rotatable bonds is 6. The first kappa shape index (κ1) is 22.9. The molecule has 1 aromatic carbocycles. The molecule has 2 aliphatic rings. The third kappa shape index (κ3) is 5.54. The molecule has 2 fully saturated rings. The maximum absolute atomic E-state index is 13.1. The summed E-state index contributed by atoms with van der Waals surface area (Å²) in [4.78, 5) is 16.9. The standard InChI is InChI=1S/C24H32N4O3S/c1-19-10-15-27(16-11-19)32(30,31)28-14-2-3-22(18-28)24(29)26-23-6-4-20(5-7-23)17-21-8-12-25-13-9-21/h4-9,12-13,19,22H,2-3,10-11,14-18H2,1H3,(H,26,29). The van der Waals surface area contributed by atoms with Crippen LogP contribution in [0.2, 0.25) is 0 Å². The molecule has 4 rings (SSSR count). The first-order valence-electron chi connectivity index (χ1n) is 11.5. The van der Waals surface area contributed by atoms with Crippen LogP contribution in [-0.4, -0.2) is 54.1 Å². The molecule has 0 aliphatic carbocycles. The van der Waals surface area contributed by atoms with Gasteiger partial charge in [-0.05, 0) is 73.4 Å². The quantitative estimate of drug-likeness (QED) is 0.723. The van der Waals surface area contributed by atoms with E-state index in [-0.39, 0.29) is 18.4 Å². The number of nitrogens with zero attached hydrogens (tertiary/aromatic N) is 3. The van der Waals surface area contributed by atoms with E-state index in [1.54, 1.807) is 16.7 Å². The number of nitrogens with one attached hydrogen (secondary N) is 1. The van der Waals surface area contributed by atoms with Crippen molar-refractivity contribution in [3.05, 3.63) is 59.9 Å². The summed E-state index contributed by atoms with van der Waals surface area (Å²) in [6.07, 6.45) is 7.57. The lowest BCUT2D eigenvalue weighted by molar-refractivity contribution is -0.120. The van der Waals surface area contributed by atoms with Crippen LogP contribution in [0.1, 0.15) is 43.7 Å². The van der Waals surface area contributed by atoms with Gasteiger partial charge in [-0.1, -0.05) is 19.1 Å². The van der Waals surface area contributed by atoms with Gasteiger partial charge >= 0.3 is 0 Å². The van der Waals surface area contributed by atoms with Gasteiger partial charge in [-0.15, -0.1) is 0 Å². The predicted molar refractivity (Wildman–Crippen MR) is 125 cm³/mol. The molecule has 1 amide bonds. The maximum atomic E-state index is 13.1. The van der Waals surface area contributed by atoms with Gasteiger partial charge in [0.2, 0.25) is 5.91 Å². The molecule has 7 nitrogen and oxygen atoms in total. The summed E-state index contributed by atoms with van der Waals surface area (Å²) < 4.78 is 29.3. The first-order chi connectivity index (χ1) is 15.4. The molecule has 1 unspecified atom stereocenters. The smallest absolute Gasteiger partial charge is 0.281 e. The molecule has 3 heterocycles. The summed E-state index contributed by atoms with van der Waals surface area (Å²) in [5.41, 5.74) is 3.07. The molecule has 0 saturated carbocycles. The fraction of sp³-hybridized carbons (Fsp3) is 0.500. The Morgan fingerprint density at radius 2 is 1.62 bits per heavy atom. The zero-order valence-electron chi connectivity index (χ0n) is 18.6. The number of amides is 1. The number of pyridine rings is 1. The van der Waals surface area contributed by atoms with E-state index in [1.807, 2.05) is 36.4 Å². The second-order valence-electron chi connectivity index (χ2n) is 9.00. The fourth-order valence-corrected chi connectivity index (χ4v) is 6.16. The zero-order valence-corrected chi connectivity index (χ0v) is 19.4. The number of benzene rings is 1. The predicted octanol–water partition coefficient (Wildman–Crippen LogP) is 3.30. The molecule has 0 spiro atoms. The van der Waals surface area contributed by atoms with Gasteiger partial charge in [0, 0.05) is 44.3 Å². The number of anilines is 1. The van der Waals surface area contributed by atoms with Gasteiger partial charge in [0.05, 0.1) is 5.92 Å². The lowest BCUT2D eigenvalue weighted by Gasteiger charge is -2.37. The molecule has 0 radical (unpaired) electrons. The van der Waals surface area contributed by atoms with Crippen LogP contribution in [0.15, 0.2) is 48.8 Å². The van der Waals surface area contributed by atoms with E-state index < -0.39 is 10.2 Å². The van der Waals surface area contributed by atoms with E-state index in [2.05, 4.69) is 17.2 Å². The first-order valence-corrected chi connectivity index (χ1v) is 12.9. The van der Waals surface area contributed by atoms with E-state index in [9.17, 15) is 13.2 Å². The molecule has 1 atom stereocenters. The van der Waals surface area contributed by atoms with Crippen LogP contribution >= 0.6 is 0 Å². The lowest BCUT2D eigenvalue weighted by atomic mass is 9.98. The van der Waals surface area contributed by atoms with Gasteiger partial charge in [0.1, 0.15) is 0 Å². The SMILES string of the molecule is CC1CCN(S(=O)(=O)N2CCCC(C(=O)Nc3ccc(Cc4ccncc4)cc3)C2)CC1. The summed E-state index contributed by atoms with van der Waals surface area (Å²) >= 11 is 0. The van der Waals surface area contributed by atoms with E-state index in [4.69, 9.17) is 0 Å². The molecular weight excluding hydrogens is 424 g/mol. The second kappa shape index (κ2) is 10.1. The van der Waals surface area contributed by atoms with Crippen molar-refractivity contribution in [3.63, 3.8) is 0 Å². The van der Waals surface area contributed by atoms with Gasteiger partial charge in [0.25, 0.3) is 10.2 Å². The van der Waals surface area contributed by atoms with Crippen molar-refractivity contribution in [2.45, 2.75) is 39.0 Å². The minimum Gasteiger partial charge on any atom is -0.326 e. The van der Waals surface area contributed by atoms with Crippen LogP contribution in [0.5, 0.6) is 0 Å². The van der Waals surface area contributed by atoms with Gasteiger partial charge in [0.15, 0.2) is 0 Å². The summed E-state index contributed by atoms with van der Waals surface area (Å²) in [7, 11) is -3.50. The second-order valence-corrected chi connectivity index (χ2v) is 10.9. The monoisotopic (exact) mass is 456 g/mol. The highest BCUT2D eigenvalue weighted by molar-refractivity contribution is 7.86. The van der Waals surface area contributed by atoms with E-state index >= 15 is 0 Å². The van der Waals surface area contributed by atoms with Crippen molar-refractivity contribution in [1.29, 1.82) is 0 Å². The number of carbonyl (C=O) groups excluding carboxylic acids is 1. The van der Waals surface area contributed by atoms with Crippen molar-refractivity contribution < 1.29 is 13.2 Å². The number of aromatic nitrogens is 1. The molecule has 2 saturated heterocycles. The van der Waals surface area contributed by atoms with Crippen LogP contribution in [0.3, 0.4) is 0 Å². The molecule has 1 N–H and O–H groups in total. The number of carbonyl (C=O) groups is 1. The summed E-state index contributed by atoms with van der Waals surface area (Å²) in [6, 6.07) is 11.8. The number of hydrogen-bond donors (Lipinski definition) is 1. The van der Waals surface area contributed by atoms with Crippen LogP contribution in [0, 0.1) is 11.8 Å². The average molecular weight is 457 g/mol.